The van der Waals surface area contributed by atoms with Crippen LogP contribution in [0.2, 0.25) is 0 Å². The van der Waals surface area contributed by atoms with Crippen molar-refractivity contribution in [3.8, 4) is 0 Å². The van der Waals surface area contributed by atoms with Gasteiger partial charge in [0, 0.05) is 37.3 Å². The van der Waals surface area contributed by atoms with E-state index in [1.54, 1.807) is 38.4 Å². The van der Waals surface area contributed by atoms with Crippen LogP contribution in [0.25, 0.3) is 0 Å². The number of halogens is 1. The molecule has 1 aromatic rings. The summed E-state index contributed by atoms with van der Waals surface area (Å²) in [5, 5.41) is 2.85. The fourth-order valence-corrected chi connectivity index (χ4v) is 1.88. The first-order valence-electron chi connectivity index (χ1n) is 7.21. The first kappa shape index (κ1) is 20.4. The molecule has 0 saturated carbocycles. The minimum atomic E-state index is -0.365. The Morgan fingerprint density at radius 3 is 1.95 bits per heavy atom. The van der Waals surface area contributed by atoms with Crippen LogP contribution in [0.5, 0.6) is 0 Å². The number of carbonyl (C=O) groups is 2. The molecule has 5 nitrogen and oxygen atoms in total. The fraction of sp³-hybridized carbons (Fsp3) is 0.500. The zero-order chi connectivity index (χ0) is 16.0. The predicted octanol–water partition coefficient (Wildman–Crippen LogP) is 2.06. The van der Waals surface area contributed by atoms with Gasteiger partial charge in [0.05, 0.1) is 0 Å². The SMILES string of the molecule is CCC(N)(CC)CNC(=O)c1ccc(C(=O)N(C)C)cc1.Cl. The van der Waals surface area contributed by atoms with E-state index in [4.69, 9.17) is 5.73 Å². The summed E-state index contributed by atoms with van der Waals surface area (Å²) in [6, 6.07) is 6.63. The molecule has 2 amide bonds. The van der Waals surface area contributed by atoms with Gasteiger partial charge in [-0.05, 0) is 37.1 Å². The molecule has 0 radical (unpaired) electrons. The average molecular weight is 328 g/mol. The fourth-order valence-electron chi connectivity index (χ4n) is 1.88. The van der Waals surface area contributed by atoms with Gasteiger partial charge in [-0.15, -0.1) is 12.4 Å². The number of nitrogens with zero attached hydrogens (tertiary/aromatic N) is 1. The number of nitrogens with two attached hydrogens (primary N) is 1. The van der Waals surface area contributed by atoms with Gasteiger partial charge >= 0.3 is 0 Å². The molecule has 0 aliphatic rings. The van der Waals surface area contributed by atoms with E-state index in [0.717, 1.165) is 12.8 Å². The molecule has 0 aliphatic carbocycles. The number of nitrogens with one attached hydrogen (secondary N) is 1. The molecule has 1 aromatic carbocycles. The highest BCUT2D eigenvalue weighted by Gasteiger charge is 2.21. The summed E-state index contributed by atoms with van der Waals surface area (Å²) in [4.78, 5) is 25.3. The summed E-state index contributed by atoms with van der Waals surface area (Å²) in [5.41, 5.74) is 6.88. The molecule has 0 saturated heterocycles. The largest absolute Gasteiger partial charge is 0.350 e. The van der Waals surface area contributed by atoms with Crippen LogP contribution in [0.3, 0.4) is 0 Å². The lowest BCUT2D eigenvalue weighted by atomic mass is 9.94. The van der Waals surface area contributed by atoms with E-state index in [0.29, 0.717) is 17.7 Å². The molecule has 0 heterocycles. The highest BCUT2D eigenvalue weighted by atomic mass is 35.5. The summed E-state index contributed by atoms with van der Waals surface area (Å²) >= 11 is 0. The van der Waals surface area contributed by atoms with Crippen molar-refractivity contribution in [1.29, 1.82) is 0 Å². The minimum Gasteiger partial charge on any atom is -0.350 e. The highest BCUT2D eigenvalue weighted by molar-refractivity contribution is 5.97. The van der Waals surface area contributed by atoms with Crippen molar-refractivity contribution in [2.75, 3.05) is 20.6 Å². The molecule has 0 spiro atoms. The van der Waals surface area contributed by atoms with E-state index in [-0.39, 0.29) is 29.8 Å². The average Bonchev–Trinajstić information content (AvgIpc) is 2.51. The second-order valence-electron chi connectivity index (χ2n) is 5.53. The Bertz CT molecular complexity index is 497. The van der Waals surface area contributed by atoms with Gasteiger partial charge in [-0.25, -0.2) is 0 Å². The maximum absolute atomic E-state index is 12.1. The number of rotatable bonds is 6. The summed E-state index contributed by atoms with van der Waals surface area (Å²) in [6.45, 7) is 4.46. The zero-order valence-electron chi connectivity index (χ0n) is 13.7. The number of amides is 2. The van der Waals surface area contributed by atoms with Crippen molar-refractivity contribution in [2.24, 2.45) is 5.73 Å². The highest BCUT2D eigenvalue weighted by Crippen LogP contribution is 2.11. The van der Waals surface area contributed by atoms with Crippen molar-refractivity contribution >= 4 is 24.2 Å². The van der Waals surface area contributed by atoms with Crippen LogP contribution < -0.4 is 11.1 Å². The van der Waals surface area contributed by atoms with Gasteiger partial charge in [-0.3, -0.25) is 9.59 Å². The van der Waals surface area contributed by atoms with Crippen LogP contribution in [0.1, 0.15) is 47.4 Å². The minimum absolute atomic E-state index is 0. The summed E-state index contributed by atoms with van der Waals surface area (Å²) in [6.07, 6.45) is 1.61. The van der Waals surface area contributed by atoms with Crippen molar-refractivity contribution in [3.63, 3.8) is 0 Å². The van der Waals surface area contributed by atoms with E-state index < -0.39 is 0 Å². The first-order chi connectivity index (χ1) is 9.83. The molecule has 0 unspecified atom stereocenters. The molecule has 0 atom stereocenters. The molecule has 124 valence electrons. The summed E-state index contributed by atoms with van der Waals surface area (Å²) in [7, 11) is 3.39. The molecule has 1 rings (SSSR count). The van der Waals surface area contributed by atoms with Gasteiger partial charge in [0.25, 0.3) is 11.8 Å². The van der Waals surface area contributed by atoms with Crippen molar-refractivity contribution < 1.29 is 9.59 Å². The van der Waals surface area contributed by atoms with E-state index in [2.05, 4.69) is 5.32 Å². The quantitative estimate of drug-likeness (QED) is 0.839. The molecule has 3 N–H and O–H groups in total. The number of hydrogen-bond acceptors (Lipinski definition) is 3. The van der Waals surface area contributed by atoms with Crippen molar-refractivity contribution in [1.82, 2.24) is 10.2 Å². The number of benzene rings is 1. The third-order valence-corrected chi connectivity index (χ3v) is 3.81. The Morgan fingerprint density at radius 1 is 1.09 bits per heavy atom. The van der Waals surface area contributed by atoms with Crippen LogP contribution in [-0.4, -0.2) is 42.9 Å². The molecule has 0 bridgehead atoms. The third kappa shape index (κ3) is 5.31. The number of carbonyl (C=O) groups excluding carboxylic acids is 2. The molecule has 0 aliphatic heterocycles. The smallest absolute Gasteiger partial charge is 0.253 e. The topological polar surface area (TPSA) is 75.4 Å². The first-order valence-corrected chi connectivity index (χ1v) is 7.21. The maximum atomic E-state index is 12.1. The molecular formula is C16H26ClN3O2. The molecule has 0 aromatic heterocycles. The summed E-state index contributed by atoms with van der Waals surface area (Å²) < 4.78 is 0. The predicted molar refractivity (Wildman–Crippen MR) is 91.5 cm³/mol. The Kier molecular flexibility index (Phi) is 8.12. The zero-order valence-corrected chi connectivity index (χ0v) is 14.5. The molecule has 6 heteroatoms. The van der Waals surface area contributed by atoms with Crippen LogP contribution in [-0.2, 0) is 0 Å². The van der Waals surface area contributed by atoms with Crippen LogP contribution in [0, 0.1) is 0 Å². The second kappa shape index (κ2) is 8.76. The normalized spacial score (nSPS) is 10.6. The van der Waals surface area contributed by atoms with Gasteiger partial charge in [0.15, 0.2) is 0 Å². The third-order valence-electron chi connectivity index (χ3n) is 3.81. The molecule has 22 heavy (non-hydrogen) atoms. The van der Waals surface area contributed by atoms with E-state index in [1.165, 1.54) is 4.90 Å². The van der Waals surface area contributed by atoms with Gasteiger partial charge < -0.3 is 16.0 Å². The van der Waals surface area contributed by atoms with E-state index >= 15 is 0 Å². The lowest BCUT2D eigenvalue weighted by Crippen LogP contribution is -2.49. The Morgan fingerprint density at radius 2 is 1.55 bits per heavy atom. The Labute approximate surface area is 138 Å². The molecule has 0 fully saturated rings. The van der Waals surface area contributed by atoms with Crippen LogP contribution in [0.4, 0.5) is 0 Å². The van der Waals surface area contributed by atoms with Gasteiger partial charge in [0.2, 0.25) is 0 Å². The van der Waals surface area contributed by atoms with Crippen LogP contribution >= 0.6 is 12.4 Å². The lowest BCUT2D eigenvalue weighted by molar-refractivity contribution is 0.0826. The van der Waals surface area contributed by atoms with Gasteiger partial charge in [0.1, 0.15) is 0 Å². The van der Waals surface area contributed by atoms with E-state index in [1.807, 2.05) is 13.8 Å². The van der Waals surface area contributed by atoms with E-state index in [9.17, 15) is 9.59 Å². The van der Waals surface area contributed by atoms with Crippen LogP contribution in [0.15, 0.2) is 24.3 Å². The standard InChI is InChI=1S/C16H25N3O2.ClH/c1-5-16(17,6-2)11-18-14(20)12-7-9-13(10-8-12)15(21)19(3)4;/h7-10H,5-6,11,17H2,1-4H3,(H,18,20);1H. The number of hydrogen-bond donors (Lipinski definition) is 2. The van der Waals surface area contributed by atoms with Crippen molar-refractivity contribution in [2.45, 2.75) is 32.2 Å². The lowest BCUT2D eigenvalue weighted by Gasteiger charge is -2.26. The summed E-state index contributed by atoms with van der Waals surface area (Å²) in [5.74, 6) is -0.254. The Balaban J connectivity index is 0.00000441. The van der Waals surface area contributed by atoms with Crippen molar-refractivity contribution in [3.05, 3.63) is 35.4 Å². The maximum Gasteiger partial charge on any atom is 0.253 e. The second-order valence-corrected chi connectivity index (χ2v) is 5.53. The van der Waals surface area contributed by atoms with Gasteiger partial charge in [-0.2, -0.15) is 0 Å². The molecular weight excluding hydrogens is 302 g/mol. The Hall–Kier alpha value is -1.59. The monoisotopic (exact) mass is 327 g/mol. The van der Waals surface area contributed by atoms with Gasteiger partial charge in [-0.1, -0.05) is 13.8 Å².